The number of carbonyl (C=O) groups excluding carboxylic acids is 1. The van der Waals surface area contributed by atoms with Crippen LogP contribution in [0.15, 0.2) is 24.3 Å². The lowest BCUT2D eigenvalue weighted by Crippen LogP contribution is -2.49. The number of para-hydroxylation sites is 2. The lowest BCUT2D eigenvalue weighted by molar-refractivity contribution is -0.145. The summed E-state index contributed by atoms with van der Waals surface area (Å²) in [5.41, 5.74) is 0.672. The number of carboxylic acids is 1. The minimum atomic E-state index is -1.04. The van der Waals surface area contributed by atoms with Gasteiger partial charge in [-0.15, -0.1) is 11.8 Å². The molecule has 1 aromatic rings. The highest BCUT2D eigenvalue weighted by molar-refractivity contribution is 8.00. The van der Waals surface area contributed by atoms with Crippen LogP contribution in [-0.2, 0) is 9.59 Å². The molecule has 0 radical (unpaired) electrons. The van der Waals surface area contributed by atoms with Gasteiger partial charge in [-0.2, -0.15) is 0 Å². The molecule has 1 aromatic carbocycles. The molecular weight excluding hydrogens is 290 g/mol. The Balaban J connectivity index is 1.88. The van der Waals surface area contributed by atoms with Crippen LogP contribution in [0.25, 0.3) is 0 Å². The molecule has 1 amide bonds. The molecule has 1 saturated heterocycles. The van der Waals surface area contributed by atoms with Gasteiger partial charge >= 0.3 is 5.97 Å². The second kappa shape index (κ2) is 5.97. The van der Waals surface area contributed by atoms with Crippen LogP contribution in [0.2, 0.25) is 0 Å². The van der Waals surface area contributed by atoms with Crippen LogP contribution < -0.4 is 9.64 Å². The van der Waals surface area contributed by atoms with Crippen LogP contribution in [0.3, 0.4) is 0 Å². The summed E-state index contributed by atoms with van der Waals surface area (Å²) in [7, 11) is 0. The summed E-state index contributed by atoms with van der Waals surface area (Å²) in [6.45, 7) is 0.0717. The lowest BCUT2D eigenvalue weighted by atomic mass is 10.1. The maximum atomic E-state index is 12.7. The number of aliphatic carboxylic acids is 1. The first-order valence-corrected chi connectivity index (χ1v) is 8.13. The Hall–Kier alpha value is -1.69. The molecule has 6 heteroatoms. The van der Waals surface area contributed by atoms with E-state index in [1.54, 1.807) is 34.9 Å². The van der Waals surface area contributed by atoms with E-state index < -0.39 is 12.1 Å². The molecule has 5 nitrogen and oxygen atoms in total. The normalized spacial score (nSPS) is 24.9. The van der Waals surface area contributed by atoms with Gasteiger partial charge in [0.15, 0.2) is 0 Å². The molecule has 0 aromatic heterocycles. The van der Waals surface area contributed by atoms with E-state index >= 15 is 0 Å². The lowest BCUT2D eigenvalue weighted by Gasteiger charge is -2.35. The van der Waals surface area contributed by atoms with Crippen LogP contribution in [0.5, 0.6) is 5.75 Å². The smallest absolute Gasteiger partial charge is 0.346 e. The SMILES string of the molecule is O=C(O)C1CN(C(=O)C2CCCCS2)c2ccccc2O1. The van der Waals surface area contributed by atoms with Gasteiger partial charge in [-0.3, -0.25) is 4.79 Å². The minimum Gasteiger partial charge on any atom is -0.478 e. The first-order chi connectivity index (χ1) is 10.2. The van der Waals surface area contributed by atoms with Crippen molar-refractivity contribution in [2.45, 2.75) is 30.6 Å². The van der Waals surface area contributed by atoms with Gasteiger partial charge in [-0.25, -0.2) is 4.79 Å². The van der Waals surface area contributed by atoms with Crippen LogP contribution in [-0.4, -0.2) is 40.6 Å². The van der Waals surface area contributed by atoms with Gasteiger partial charge in [-0.1, -0.05) is 18.6 Å². The van der Waals surface area contributed by atoms with Crippen LogP contribution >= 0.6 is 11.8 Å². The summed E-state index contributed by atoms with van der Waals surface area (Å²) in [4.78, 5) is 25.6. The zero-order valence-corrected chi connectivity index (χ0v) is 12.3. The van der Waals surface area contributed by atoms with Crippen LogP contribution in [0.4, 0.5) is 5.69 Å². The highest BCUT2D eigenvalue weighted by Crippen LogP contribution is 2.36. The van der Waals surface area contributed by atoms with Gasteiger partial charge in [0.25, 0.3) is 0 Å². The first-order valence-electron chi connectivity index (χ1n) is 7.08. The average molecular weight is 307 g/mol. The van der Waals surface area contributed by atoms with Gasteiger partial charge in [0.05, 0.1) is 17.5 Å². The molecular formula is C15H17NO4S. The number of anilines is 1. The topological polar surface area (TPSA) is 66.8 Å². The van der Waals surface area contributed by atoms with Crippen molar-refractivity contribution in [3.05, 3.63) is 24.3 Å². The third kappa shape index (κ3) is 2.85. The zero-order chi connectivity index (χ0) is 14.8. The molecule has 0 bridgehead atoms. The van der Waals surface area contributed by atoms with Crippen LogP contribution in [0, 0.1) is 0 Å². The molecule has 21 heavy (non-hydrogen) atoms. The second-order valence-electron chi connectivity index (χ2n) is 5.22. The fraction of sp³-hybridized carbons (Fsp3) is 0.467. The second-order valence-corrected chi connectivity index (χ2v) is 6.53. The summed E-state index contributed by atoms with van der Waals surface area (Å²) in [6.07, 6.45) is 2.06. The molecule has 3 rings (SSSR count). The standard InChI is InChI=1S/C15H17NO4S/c17-14(13-7-3-4-8-21-13)16-9-12(15(18)19)20-11-6-2-1-5-10(11)16/h1-2,5-6,12-13H,3-4,7-9H2,(H,18,19). The third-order valence-corrected chi connectivity index (χ3v) is 5.13. The number of carboxylic acid groups (broad SMARTS) is 1. The Morgan fingerprint density at radius 1 is 1.29 bits per heavy atom. The quantitative estimate of drug-likeness (QED) is 0.907. The van der Waals surface area contributed by atoms with E-state index in [0.717, 1.165) is 25.0 Å². The Labute approximate surface area is 127 Å². The highest BCUT2D eigenvalue weighted by atomic mass is 32.2. The minimum absolute atomic E-state index is 0.00157. The van der Waals surface area contributed by atoms with E-state index in [9.17, 15) is 14.7 Å². The molecule has 2 heterocycles. The van der Waals surface area contributed by atoms with Gasteiger partial charge < -0.3 is 14.7 Å². The predicted octanol–water partition coefficient (Wildman–Crippen LogP) is 2.15. The molecule has 1 N–H and O–H groups in total. The number of amides is 1. The molecule has 1 fully saturated rings. The van der Waals surface area contributed by atoms with Gasteiger partial charge in [0, 0.05) is 0 Å². The van der Waals surface area contributed by atoms with Crippen LogP contribution in [0.1, 0.15) is 19.3 Å². The van der Waals surface area contributed by atoms with Crippen molar-refractivity contribution in [2.75, 3.05) is 17.2 Å². The number of benzene rings is 1. The van der Waals surface area contributed by atoms with Crippen molar-refractivity contribution < 1.29 is 19.4 Å². The van der Waals surface area contributed by atoms with E-state index in [4.69, 9.17) is 4.74 Å². The maximum Gasteiger partial charge on any atom is 0.346 e. The maximum absolute atomic E-state index is 12.7. The molecule has 2 unspecified atom stereocenters. The Kier molecular flexibility index (Phi) is 4.05. The number of fused-ring (bicyclic) bond motifs is 1. The molecule has 0 saturated carbocycles. The number of ether oxygens (including phenoxy) is 1. The number of hydrogen-bond donors (Lipinski definition) is 1. The van der Waals surface area contributed by atoms with Crippen molar-refractivity contribution in [3.63, 3.8) is 0 Å². The van der Waals surface area contributed by atoms with E-state index in [1.807, 2.05) is 6.07 Å². The average Bonchev–Trinajstić information content (AvgIpc) is 2.54. The molecule has 2 aliphatic rings. The summed E-state index contributed by atoms with van der Waals surface area (Å²) >= 11 is 1.67. The fourth-order valence-corrected chi connectivity index (χ4v) is 3.94. The van der Waals surface area contributed by atoms with E-state index in [2.05, 4.69) is 0 Å². The number of hydrogen-bond acceptors (Lipinski definition) is 4. The number of nitrogens with zero attached hydrogens (tertiary/aromatic N) is 1. The monoisotopic (exact) mass is 307 g/mol. The summed E-state index contributed by atoms with van der Waals surface area (Å²) < 4.78 is 5.46. The molecule has 112 valence electrons. The Morgan fingerprint density at radius 3 is 2.81 bits per heavy atom. The molecule has 0 spiro atoms. The molecule has 2 aliphatic heterocycles. The Bertz CT molecular complexity index is 556. The van der Waals surface area contributed by atoms with Gasteiger partial charge in [0.2, 0.25) is 12.0 Å². The highest BCUT2D eigenvalue weighted by Gasteiger charge is 2.36. The van der Waals surface area contributed by atoms with Gasteiger partial charge in [0.1, 0.15) is 5.75 Å². The number of thioether (sulfide) groups is 1. The van der Waals surface area contributed by atoms with E-state index in [0.29, 0.717) is 11.4 Å². The van der Waals surface area contributed by atoms with E-state index in [1.165, 1.54) is 0 Å². The predicted molar refractivity (Wildman–Crippen MR) is 80.9 cm³/mol. The first kappa shape index (κ1) is 14.3. The largest absolute Gasteiger partial charge is 0.478 e. The fourth-order valence-electron chi connectivity index (χ4n) is 2.68. The summed E-state index contributed by atoms with van der Waals surface area (Å²) in [5.74, 6) is 0.413. The van der Waals surface area contributed by atoms with Gasteiger partial charge in [-0.05, 0) is 30.7 Å². The molecule has 0 aliphatic carbocycles. The van der Waals surface area contributed by atoms with Crippen molar-refractivity contribution in [1.29, 1.82) is 0 Å². The number of carbonyl (C=O) groups is 2. The van der Waals surface area contributed by atoms with E-state index in [-0.39, 0.29) is 17.7 Å². The van der Waals surface area contributed by atoms with Crippen molar-refractivity contribution in [3.8, 4) is 5.75 Å². The summed E-state index contributed by atoms with van der Waals surface area (Å²) in [6, 6.07) is 7.12. The van der Waals surface area contributed by atoms with Crippen molar-refractivity contribution >= 4 is 29.3 Å². The Morgan fingerprint density at radius 2 is 2.10 bits per heavy atom. The summed E-state index contributed by atoms with van der Waals surface area (Å²) in [5, 5.41) is 9.14. The zero-order valence-electron chi connectivity index (χ0n) is 11.5. The third-order valence-electron chi connectivity index (χ3n) is 3.77. The molecule has 2 atom stereocenters. The van der Waals surface area contributed by atoms with Crippen molar-refractivity contribution in [1.82, 2.24) is 0 Å². The number of rotatable bonds is 2. The van der Waals surface area contributed by atoms with Crippen molar-refractivity contribution in [2.24, 2.45) is 0 Å².